The Morgan fingerprint density at radius 1 is 1.50 bits per heavy atom. The molecule has 0 spiro atoms. The maximum Gasteiger partial charge on any atom is 0.166 e. The van der Waals surface area contributed by atoms with Crippen molar-refractivity contribution in [3.05, 3.63) is 29.3 Å². The Morgan fingerprint density at radius 3 is 2.92 bits per heavy atom. The fourth-order valence-corrected chi connectivity index (χ4v) is 1.73. The molecule has 12 heavy (non-hydrogen) atoms. The topological polar surface area (TPSA) is 17.1 Å². The maximum atomic E-state index is 11.5. The molecule has 1 aliphatic carbocycles. The van der Waals surface area contributed by atoms with Crippen molar-refractivity contribution in [1.29, 1.82) is 0 Å². The first-order valence-corrected chi connectivity index (χ1v) is 4.11. The van der Waals surface area contributed by atoms with E-state index >= 15 is 0 Å². The number of ketones is 1. The van der Waals surface area contributed by atoms with Crippen LogP contribution in [0.15, 0.2) is 18.2 Å². The molecular formula is C10H9BO. The number of hydrogen-bond donors (Lipinski definition) is 0. The van der Waals surface area contributed by atoms with Gasteiger partial charge in [-0.3, -0.25) is 4.79 Å². The van der Waals surface area contributed by atoms with Gasteiger partial charge < -0.3 is 0 Å². The highest BCUT2D eigenvalue weighted by Gasteiger charge is 2.26. The molecule has 2 radical (unpaired) electrons. The average molecular weight is 156 g/mol. The number of Topliss-reactive ketones (excluding diaryl/α,β-unsaturated/α-hetero) is 1. The van der Waals surface area contributed by atoms with Gasteiger partial charge in [0.15, 0.2) is 5.78 Å². The van der Waals surface area contributed by atoms with Crippen LogP contribution in [0.4, 0.5) is 0 Å². The Hall–Kier alpha value is -1.05. The summed E-state index contributed by atoms with van der Waals surface area (Å²) in [6.07, 6.45) is 0.806. The van der Waals surface area contributed by atoms with E-state index in [0.29, 0.717) is 0 Å². The molecule has 1 nitrogen and oxygen atoms in total. The first kappa shape index (κ1) is 7.60. The lowest BCUT2D eigenvalue weighted by atomic mass is 9.88. The third kappa shape index (κ3) is 0.910. The highest BCUT2D eigenvalue weighted by Crippen LogP contribution is 2.24. The zero-order valence-electron chi connectivity index (χ0n) is 7.00. The summed E-state index contributed by atoms with van der Waals surface area (Å²) in [6.45, 7) is 1.95. The first-order valence-electron chi connectivity index (χ1n) is 4.11. The lowest BCUT2D eigenvalue weighted by molar-refractivity contribution is 0.0946. The monoisotopic (exact) mass is 156 g/mol. The molecule has 0 aliphatic heterocycles. The highest BCUT2D eigenvalue weighted by molar-refractivity contribution is 6.34. The maximum absolute atomic E-state index is 11.5. The molecule has 0 saturated carbocycles. The van der Waals surface area contributed by atoms with E-state index in [-0.39, 0.29) is 11.7 Å². The van der Waals surface area contributed by atoms with Gasteiger partial charge >= 0.3 is 0 Å². The van der Waals surface area contributed by atoms with Crippen molar-refractivity contribution in [2.24, 2.45) is 5.92 Å². The standard InChI is InChI=1S/C10H9BO/c1-6-5-8-7(10(6)12)3-2-4-9(8)11/h2-4,6H,5H2,1H3. The van der Waals surface area contributed by atoms with Gasteiger partial charge in [-0.25, -0.2) is 0 Å². The van der Waals surface area contributed by atoms with Crippen LogP contribution in [0.5, 0.6) is 0 Å². The summed E-state index contributed by atoms with van der Waals surface area (Å²) >= 11 is 0. The fourth-order valence-electron chi connectivity index (χ4n) is 1.73. The van der Waals surface area contributed by atoms with E-state index in [9.17, 15) is 4.79 Å². The van der Waals surface area contributed by atoms with E-state index in [4.69, 9.17) is 7.85 Å². The van der Waals surface area contributed by atoms with Crippen molar-refractivity contribution in [3.8, 4) is 0 Å². The van der Waals surface area contributed by atoms with Gasteiger partial charge in [0.1, 0.15) is 7.85 Å². The van der Waals surface area contributed by atoms with Crippen LogP contribution in [-0.4, -0.2) is 13.6 Å². The predicted molar refractivity (Wildman–Crippen MR) is 49.0 cm³/mol. The molecule has 0 bridgehead atoms. The Balaban J connectivity index is 2.61. The fraction of sp³-hybridized carbons (Fsp3) is 0.300. The van der Waals surface area contributed by atoms with Gasteiger partial charge in [-0.15, -0.1) is 0 Å². The molecule has 2 rings (SSSR count). The van der Waals surface area contributed by atoms with Crippen LogP contribution in [0.2, 0.25) is 0 Å². The summed E-state index contributed by atoms with van der Waals surface area (Å²) in [5, 5.41) is 0. The average Bonchev–Trinajstić information content (AvgIpc) is 2.32. The SMILES string of the molecule is [B]c1cccc2c1CC(C)C2=O. The van der Waals surface area contributed by atoms with Crippen LogP contribution in [0, 0.1) is 5.92 Å². The van der Waals surface area contributed by atoms with Gasteiger partial charge in [0.25, 0.3) is 0 Å². The molecule has 0 saturated heterocycles. The predicted octanol–water partition coefficient (Wildman–Crippen LogP) is 0.855. The quantitative estimate of drug-likeness (QED) is 0.509. The number of carbonyl (C=O) groups is 1. The second-order valence-corrected chi connectivity index (χ2v) is 3.34. The van der Waals surface area contributed by atoms with Gasteiger partial charge in [0.05, 0.1) is 0 Å². The van der Waals surface area contributed by atoms with E-state index in [1.807, 2.05) is 25.1 Å². The minimum Gasteiger partial charge on any atom is -0.294 e. The van der Waals surface area contributed by atoms with Crippen LogP contribution < -0.4 is 5.46 Å². The molecule has 1 aromatic rings. The normalized spacial score (nSPS) is 21.1. The van der Waals surface area contributed by atoms with Crippen LogP contribution >= 0.6 is 0 Å². The summed E-state index contributed by atoms with van der Waals surface area (Å²) in [5.74, 6) is 0.349. The Bertz CT molecular complexity index is 344. The van der Waals surface area contributed by atoms with Crippen molar-refractivity contribution in [1.82, 2.24) is 0 Å². The number of carbonyl (C=O) groups excluding carboxylic acids is 1. The van der Waals surface area contributed by atoms with Crippen LogP contribution in [-0.2, 0) is 6.42 Å². The number of fused-ring (bicyclic) bond motifs is 1. The third-order valence-corrected chi connectivity index (χ3v) is 2.44. The van der Waals surface area contributed by atoms with E-state index in [2.05, 4.69) is 0 Å². The molecule has 1 aromatic carbocycles. The summed E-state index contributed by atoms with van der Waals surface area (Å²) in [7, 11) is 5.74. The van der Waals surface area contributed by atoms with E-state index in [1.54, 1.807) is 0 Å². The van der Waals surface area contributed by atoms with Gasteiger partial charge in [0, 0.05) is 11.5 Å². The molecule has 1 unspecified atom stereocenters. The highest BCUT2D eigenvalue weighted by atomic mass is 16.1. The summed E-state index contributed by atoms with van der Waals surface area (Å²) in [5.41, 5.74) is 2.61. The van der Waals surface area contributed by atoms with Crippen molar-refractivity contribution >= 4 is 19.1 Å². The molecule has 1 atom stereocenters. The van der Waals surface area contributed by atoms with Gasteiger partial charge in [-0.05, 0) is 12.0 Å². The van der Waals surface area contributed by atoms with Crippen molar-refractivity contribution < 1.29 is 4.79 Å². The van der Waals surface area contributed by atoms with Crippen LogP contribution in [0.3, 0.4) is 0 Å². The second-order valence-electron chi connectivity index (χ2n) is 3.34. The molecule has 0 heterocycles. The van der Waals surface area contributed by atoms with E-state index in [1.165, 1.54) is 0 Å². The van der Waals surface area contributed by atoms with Crippen LogP contribution in [0.1, 0.15) is 22.8 Å². The van der Waals surface area contributed by atoms with Crippen molar-refractivity contribution in [2.75, 3.05) is 0 Å². The van der Waals surface area contributed by atoms with Gasteiger partial charge in [-0.2, -0.15) is 0 Å². The first-order chi connectivity index (χ1) is 5.70. The lowest BCUT2D eigenvalue weighted by Gasteiger charge is -2.00. The minimum atomic E-state index is 0.115. The summed E-state index contributed by atoms with van der Waals surface area (Å²) in [4.78, 5) is 11.5. The summed E-state index contributed by atoms with van der Waals surface area (Å²) < 4.78 is 0. The smallest absolute Gasteiger partial charge is 0.166 e. The lowest BCUT2D eigenvalue weighted by Crippen LogP contribution is -2.09. The molecule has 58 valence electrons. The molecule has 1 aliphatic rings. The summed E-state index contributed by atoms with van der Waals surface area (Å²) in [6, 6.07) is 5.55. The third-order valence-electron chi connectivity index (χ3n) is 2.44. The molecule has 0 aromatic heterocycles. The molecule has 0 fully saturated rings. The van der Waals surface area contributed by atoms with Gasteiger partial charge in [0.2, 0.25) is 0 Å². The van der Waals surface area contributed by atoms with E-state index in [0.717, 1.165) is 23.0 Å². The van der Waals surface area contributed by atoms with Gasteiger partial charge in [-0.1, -0.05) is 30.6 Å². The number of hydrogen-bond acceptors (Lipinski definition) is 1. The van der Waals surface area contributed by atoms with Crippen molar-refractivity contribution in [2.45, 2.75) is 13.3 Å². The number of rotatable bonds is 0. The zero-order valence-corrected chi connectivity index (χ0v) is 7.00. The molecule has 2 heteroatoms. The molecule has 0 amide bonds. The van der Waals surface area contributed by atoms with Crippen LogP contribution in [0.25, 0.3) is 0 Å². The number of benzene rings is 1. The largest absolute Gasteiger partial charge is 0.294 e. The van der Waals surface area contributed by atoms with Crippen molar-refractivity contribution in [3.63, 3.8) is 0 Å². The Morgan fingerprint density at radius 2 is 2.25 bits per heavy atom. The molecular weight excluding hydrogens is 147 g/mol. The second kappa shape index (κ2) is 2.48. The Kier molecular flexibility index (Phi) is 1.57. The minimum absolute atomic E-state index is 0.115. The van der Waals surface area contributed by atoms with E-state index < -0.39 is 0 Å². The zero-order chi connectivity index (χ0) is 8.72. The molecule has 0 N–H and O–H groups in total. The Labute approximate surface area is 73.2 Å².